The topological polar surface area (TPSA) is 40.5 Å². The molecule has 1 unspecified atom stereocenters. The Morgan fingerprint density at radius 1 is 1.18 bits per heavy atom. The minimum Gasteiger partial charge on any atom is -0.393 e. The van der Waals surface area contributed by atoms with Crippen molar-refractivity contribution in [3.05, 3.63) is 0 Å². The van der Waals surface area contributed by atoms with Gasteiger partial charge in [-0.15, -0.1) is 0 Å². The van der Waals surface area contributed by atoms with Crippen molar-refractivity contribution in [2.75, 3.05) is 0 Å². The standard InChI is InChI=1S/C9H18O2/c1-6-4-7(10)5-8(11)9(6,2)3/h6-8,10-11H,4-5H2,1-3H3/t6-,7?,8-/m0/s1. The van der Waals surface area contributed by atoms with Crippen LogP contribution in [-0.2, 0) is 0 Å². The quantitative estimate of drug-likeness (QED) is 0.555. The van der Waals surface area contributed by atoms with Crippen molar-refractivity contribution in [1.82, 2.24) is 0 Å². The van der Waals surface area contributed by atoms with Gasteiger partial charge in [-0.25, -0.2) is 0 Å². The van der Waals surface area contributed by atoms with Gasteiger partial charge in [0.1, 0.15) is 0 Å². The molecule has 0 aromatic heterocycles. The first kappa shape index (κ1) is 9.01. The molecule has 11 heavy (non-hydrogen) atoms. The smallest absolute Gasteiger partial charge is 0.0618 e. The fraction of sp³-hybridized carbons (Fsp3) is 1.00. The van der Waals surface area contributed by atoms with Crippen molar-refractivity contribution in [3.63, 3.8) is 0 Å². The Morgan fingerprint density at radius 2 is 1.73 bits per heavy atom. The molecule has 1 aliphatic carbocycles. The lowest BCUT2D eigenvalue weighted by Crippen LogP contribution is -2.44. The Kier molecular flexibility index (Phi) is 2.26. The zero-order valence-corrected chi connectivity index (χ0v) is 7.54. The number of hydrogen-bond donors (Lipinski definition) is 2. The van der Waals surface area contributed by atoms with Crippen LogP contribution in [0.5, 0.6) is 0 Å². The summed E-state index contributed by atoms with van der Waals surface area (Å²) in [5, 5.41) is 18.9. The van der Waals surface area contributed by atoms with Gasteiger partial charge >= 0.3 is 0 Å². The van der Waals surface area contributed by atoms with Gasteiger partial charge in [-0.05, 0) is 24.2 Å². The molecular weight excluding hydrogens is 140 g/mol. The molecule has 3 atom stereocenters. The summed E-state index contributed by atoms with van der Waals surface area (Å²) in [6, 6.07) is 0. The van der Waals surface area contributed by atoms with E-state index in [0.29, 0.717) is 12.3 Å². The molecule has 0 radical (unpaired) electrons. The summed E-state index contributed by atoms with van der Waals surface area (Å²) >= 11 is 0. The summed E-state index contributed by atoms with van der Waals surface area (Å²) in [6.07, 6.45) is 0.718. The molecule has 0 heterocycles. The molecule has 1 saturated carbocycles. The fourth-order valence-corrected chi connectivity index (χ4v) is 1.70. The Bertz CT molecular complexity index is 128. The summed E-state index contributed by atoms with van der Waals surface area (Å²) in [7, 11) is 0. The predicted octanol–water partition coefficient (Wildman–Crippen LogP) is 1.16. The highest BCUT2D eigenvalue weighted by atomic mass is 16.3. The summed E-state index contributed by atoms with van der Waals surface area (Å²) in [5.41, 5.74) is -0.0285. The summed E-state index contributed by atoms with van der Waals surface area (Å²) in [4.78, 5) is 0. The van der Waals surface area contributed by atoms with E-state index in [1.165, 1.54) is 0 Å². The maximum Gasteiger partial charge on any atom is 0.0618 e. The van der Waals surface area contributed by atoms with Crippen molar-refractivity contribution < 1.29 is 10.2 Å². The second kappa shape index (κ2) is 2.76. The van der Waals surface area contributed by atoms with Gasteiger partial charge in [-0.3, -0.25) is 0 Å². The molecule has 0 spiro atoms. The maximum absolute atomic E-state index is 9.62. The molecule has 0 saturated heterocycles. The second-order valence-corrected chi connectivity index (χ2v) is 4.36. The predicted molar refractivity (Wildman–Crippen MR) is 44.2 cm³/mol. The number of aliphatic hydroxyl groups is 2. The van der Waals surface area contributed by atoms with Crippen LogP contribution < -0.4 is 0 Å². The van der Waals surface area contributed by atoms with Gasteiger partial charge in [0.2, 0.25) is 0 Å². The molecule has 0 aliphatic heterocycles. The van der Waals surface area contributed by atoms with Crippen LogP contribution in [0.1, 0.15) is 33.6 Å². The van der Waals surface area contributed by atoms with Crippen LogP contribution in [0.15, 0.2) is 0 Å². The summed E-state index contributed by atoms with van der Waals surface area (Å²) in [6.45, 7) is 6.22. The first-order valence-electron chi connectivity index (χ1n) is 4.30. The third kappa shape index (κ3) is 1.57. The van der Waals surface area contributed by atoms with Gasteiger partial charge in [0.05, 0.1) is 12.2 Å². The maximum atomic E-state index is 9.62. The average Bonchev–Trinajstić information content (AvgIpc) is 1.84. The number of hydrogen-bond acceptors (Lipinski definition) is 2. The number of aliphatic hydroxyl groups excluding tert-OH is 2. The molecule has 2 heteroatoms. The first-order chi connectivity index (χ1) is 4.94. The molecule has 1 fully saturated rings. The van der Waals surface area contributed by atoms with E-state index >= 15 is 0 Å². The van der Waals surface area contributed by atoms with Crippen LogP contribution in [0, 0.1) is 11.3 Å². The van der Waals surface area contributed by atoms with Gasteiger partial charge in [-0.2, -0.15) is 0 Å². The fourth-order valence-electron chi connectivity index (χ4n) is 1.70. The normalized spacial score (nSPS) is 43.9. The molecule has 1 aliphatic rings. The van der Waals surface area contributed by atoms with Gasteiger partial charge in [0.15, 0.2) is 0 Å². The van der Waals surface area contributed by atoms with Crippen LogP contribution >= 0.6 is 0 Å². The largest absolute Gasteiger partial charge is 0.393 e. The lowest BCUT2D eigenvalue weighted by molar-refractivity contribution is -0.0721. The van der Waals surface area contributed by atoms with Crippen molar-refractivity contribution in [3.8, 4) is 0 Å². The van der Waals surface area contributed by atoms with E-state index in [0.717, 1.165) is 6.42 Å². The second-order valence-electron chi connectivity index (χ2n) is 4.36. The van der Waals surface area contributed by atoms with Crippen molar-refractivity contribution in [1.29, 1.82) is 0 Å². The third-order valence-corrected chi connectivity index (χ3v) is 3.25. The van der Waals surface area contributed by atoms with E-state index < -0.39 is 0 Å². The first-order valence-corrected chi connectivity index (χ1v) is 4.30. The molecule has 0 bridgehead atoms. The molecule has 0 aromatic carbocycles. The van der Waals surface area contributed by atoms with Crippen molar-refractivity contribution >= 4 is 0 Å². The van der Waals surface area contributed by atoms with Gasteiger partial charge in [-0.1, -0.05) is 20.8 Å². The molecular formula is C9H18O2. The van der Waals surface area contributed by atoms with E-state index in [1.807, 2.05) is 0 Å². The summed E-state index contributed by atoms with van der Waals surface area (Å²) < 4.78 is 0. The van der Waals surface area contributed by atoms with Gasteiger partial charge in [0, 0.05) is 0 Å². The number of rotatable bonds is 0. The van der Waals surface area contributed by atoms with E-state index in [4.69, 9.17) is 0 Å². The minimum absolute atomic E-state index is 0.0285. The Morgan fingerprint density at radius 3 is 2.18 bits per heavy atom. The van der Waals surface area contributed by atoms with Crippen molar-refractivity contribution in [2.24, 2.45) is 11.3 Å². The average molecular weight is 158 g/mol. The van der Waals surface area contributed by atoms with E-state index in [1.54, 1.807) is 0 Å². The Hall–Kier alpha value is -0.0800. The SMILES string of the molecule is C[C@H]1CC(O)C[C@H](O)C1(C)C. The van der Waals surface area contributed by atoms with Crippen LogP contribution in [-0.4, -0.2) is 22.4 Å². The Balaban J connectivity index is 2.67. The highest BCUT2D eigenvalue weighted by molar-refractivity contribution is 4.90. The molecule has 2 nitrogen and oxygen atoms in total. The van der Waals surface area contributed by atoms with Crippen LogP contribution in [0.25, 0.3) is 0 Å². The van der Waals surface area contributed by atoms with Gasteiger partial charge < -0.3 is 10.2 Å². The van der Waals surface area contributed by atoms with E-state index in [-0.39, 0.29) is 17.6 Å². The molecule has 1 rings (SSSR count). The van der Waals surface area contributed by atoms with Crippen LogP contribution in [0.3, 0.4) is 0 Å². The van der Waals surface area contributed by atoms with E-state index in [9.17, 15) is 10.2 Å². The zero-order chi connectivity index (χ0) is 8.65. The summed E-state index contributed by atoms with van der Waals surface area (Å²) in [5.74, 6) is 0.404. The van der Waals surface area contributed by atoms with E-state index in [2.05, 4.69) is 20.8 Å². The third-order valence-electron chi connectivity index (χ3n) is 3.25. The highest BCUT2D eigenvalue weighted by Crippen LogP contribution is 2.40. The lowest BCUT2D eigenvalue weighted by atomic mass is 9.67. The highest BCUT2D eigenvalue weighted by Gasteiger charge is 2.39. The molecule has 0 aromatic rings. The minimum atomic E-state index is -0.346. The van der Waals surface area contributed by atoms with Gasteiger partial charge in [0.25, 0.3) is 0 Å². The monoisotopic (exact) mass is 158 g/mol. The van der Waals surface area contributed by atoms with Crippen molar-refractivity contribution in [2.45, 2.75) is 45.8 Å². The Labute approximate surface area is 68.2 Å². The molecule has 66 valence electrons. The zero-order valence-electron chi connectivity index (χ0n) is 7.54. The van der Waals surface area contributed by atoms with Crippen LogP contribution in [0.4, 0.5) is 0 Å². The molecule has 0 amide bonds. The molecule has 2 N–H and O–H groups in total. The van der Waals surface area contributed by atoms with Crippen LogP contribution in [0.2, 0.25) is 0 Å². The lowest BCUT2D eigenvalue weighted by Gasteiger charge is -2.42.